The number of anilines is 1. The van der Waals surface area contributed by atoms with Crippen molar-refractivity contribution in [3.05, 3.63) is 74.7 Å². The van der Waals surface area contributed by atoms with E-state index in [1.54, 1.807) is 0 Å². The number of rotatable bonds is 5. The molecule has 0 aliphatic carbocycles. The lowest BCUT2D eigenvalue weighted by atomic mass is 9.87. The van der Waals surface area contributed by atoms with Crippen LogP contribution in [-0.4, -0.2) is 17.6 Å². The molecule has 3 rings (SSSR count). The van der Waals surface area contributed by atoms with Crippen molar-refractivity contribution in [1.82, 2.24) is 5.32 Å². The second kappa shape index (κ2) is 9.09. The van der Waals surface area contributed by atoms with Crippen molar-refractivity contribution in [2.45, 2.75) is 19.3 Å². The van der Waals surface area contributed by atoms with Gasteiger partial charge in [0.25, 0.3) is 0 Å². The average molecular weight is 456 g/mol. The zero-order chi connectivity index (χ0) is 20.1. The lowest BCUT2D eigenvalue weighted by Crippen LogP contribution is -2.31. The van der Waals surface area contributed by atoms with Gasteiger partial charge in [-0.25, -0.2) is 0 Å². The Morgan fingerprint density at radius 1 is 1.32 bits per heavy atom. The molecule has 28 heavy (non-hydrogen) atoms. The van der Waals surface area contributed by atoms with Crippen molar-refractivity contribution < 1.29 is 9.59 Å². The summed E-state index contributed by atoms with van der Waals surface area (Å²) in [5.41, 5.74) is 3.14. The van der Waals surface area contributed by atoms with Crippen LogP contribution in [0.15, 0.2) is 63.6 Å². The van der Waals surface area contributed by atoms with Gasteiger partial charge in [0.05, 0.1) is 22.4 Å². The summed E-state index contributed by atoms with van der Waals surface area (Å²) in [5.74, 6) is -0.580. The number of nitriles is 1. The Hall–Kier alpha value is -2.56. The summed E-state index contributed by atoms with van der Waals surface area (Å²) < 4.78 is 0.889. The van der Waals surface area contributed by atoms with Crippen LogP contribution in [0.5, 0.6) is 0 Å². The van der Waals surface area contributed by atoms with Crippen molar-refractivity contribution in [2.24, 2.45) is 0 Å². The van der Waals surface area contributed by atoms with E-state index in [-0.39, 0.29) is 29.9 Å². The SMILES string of the molecule is Cc1cccc(NC(=O)CSC2=C(C#N)[C@H](c3cccc(Br)c3)CC(=O)N2)c1. The predicted molar refractivity (Wildman–Crippen MR) is 115 cm³/mol. The number of hydrogen-bond donors (Lipinski definition) is 2. The fourth-order valence-electron chi connectivity index (χ4n) is 3.00. The maximum atomic E-state index is 12.3. The lowest BCUT2D eigenvalue weighted by Gasteiger charge is -2.25. The molecule has 0 unspecified atom stereocenters. The molecule has 0 radical (unpaired) electrons. The molecule has 0 bridgehead atoms. The minimum atomic E-state index is -0.321. The summed E-state index contributed by atoms with van der Waals surface area (Å²) in [7, 11) is 0. The highest BCUT2D eigenvalue weighted by atomic mass is 79.9. The van der Waals surface area contributed by atoms with Crippen LogP contribution in [-0.2, 0) is 9.59 Å². The molecule has 7 heteroatoms. The predicted octanol–water partition coefficient (Wildman–Crippen LogP) is 4.47. The normalized spacial score (nSPS) is 16.3. The summed E-state index contributed by atoms with van der Waals surface area (Å²) in [6.45, 7) is 1.95. The van der Waals surface area contributed by atoms with E-state index in [1.165, 1.54) is 11.8 Å². The number of hydrogen-bond acceptors (Lipinski definition) is 4. The van der Waals surface area contributed by atoms with Gasteiger partial charge in [0.2, 0.25) is 11.8 Å². The average Bonchev–Trinajstić information content (AvgIpc) is 2.66. The van der Waals surface area contributed by atoms with E-state index in [4.69, 9.17) is 0 Å². The van der Waals surface area contributed by atoms with E-state index in [9.17, 15) is 14.9 Å². The number of allylic oxidation sites excluding steroid dienone is 1. The second-order valence-electron chi connectivity index (χ2n) is 6.42. The molecule has 1 aliphatic heterocycles. The largest absolute Gasteiger partial charge is 0.325 e. The summed E-state index contributed by atoms with van der Waals surface area (Å²) in [5, 5.41) is 15.7. The maximum absolute atomic E-state index is 12.3. The number of thioether (sulfide) groups is 1. The highest BCUT2D eigenvalue weighted by Crippen LogP contribution is 2.36. The highest BCUT2D eigenvalue weighted by molar-refractivity contribution is 9.10. The molecule has 2 N–H and O–H groups in total. The minimum Gasteiger partial charge on any atom is -0.325 e. The zero-order valence-electron chi connectivity index (χ0n) is 15.2. The molecule has 2 aromatic carbocycles. The summed E-state index contributed by atoms with van der Waals surface area (Å²) in [6.07, 6.45) is 0.207. The molecule has 0 aromatic heterocycles. The molecule has 1 atom stereocenters. The Bertz CT molecular complexity index is 997. The second-order valence-corrected chi connectivity index (χ2v) is 8.32. The zero-order valence-corrected chi connectivity index (χ0v) is 17.6. The Morgan fingerprint density at radius 3 is 2.82 bits per heavy atom. The van der Waals surface area contributed by atoms with Crippen LogP contribution in [0.4, 0.5) is 5.69 Å². The number of carbonyl (C=O) groups is 2. The molecule has 1 aliphatic rings. The van der Waals surface area contributed by atoms with Crippen molar-refractivity contribution in [2.75, 3.05) is 11.1 Å². The topological polar surface area (TPSA) is 82.0 Å². The highest BCUT2D eigenvalue weighted by Gasteiger charge is 2.30. The Labute approximate surface area is 176 Å². The van der Waals surface area contributed by atoms with Gasteiger partial charge < -0.3 is 10.6 Å². The molecule has 2 aromatic rings. The van der Waals surface area contributed by atoms with Gasteiger partial charge in [-0.05, 0) is 42.3 Å². The lowest BCUT2D eigenvalue weighted by molar-refractivity contribution is -0.121. The van der Waals surface area contributed by atoms with Crippen LogP contribution in [0.3, 0.4) is 0 Å². The number of amides is 2. The molecule has 1 heterocycles. The first-order valence-corrected chi connectivity index (χ1v) is 10.4. The van der Waals surface area contributed by atoms with E-state index >= 15 is 0 Å². The third-order valence-corrected chi connectivity index (χ3v) is 5.77. The van der Waals surface area contributed by atoms with E-state index in [0.717, 1.165) is 21.3 Å². The van der Waals surface area contributed by atoms with Gasteiger partial charge >= 0.3 is 0 Å². The Morgan fingerprint density at radius 2 is 2.11 bits per heavy atom. The number of halogens is 1. The standard InChI is InChI=1S/C21H18BrN3O2S/c1-13-4-2-7-16(8-13)24-20(27)12-28-21-18(11-23)17(10-19(26)25-21)14-5-3-6-15(22)9-14/h2-9,17H,10,12H2,1H3,(H,24,27)(H,25,26)/t17-/m0/s1. The maximum Gasteiger partial charge on any atom is 0.234 e. The number of nitrogens with zero attached hydrogens (tertiary/aromatic N) is 1. The van der Waals surface area contributed by atoms with Gasteiger partial charge in [-0.1, -0.05) is 52.0 Å². The summed E-state index contributed by atoms with van der Waals surface area (Å²) >= 11 is 4.60. The fourth-order valence-corrected chi connectivity index (χ4v) is 4.29. The molecular formula is C21H18BrN3O2S. The van der Waals surface area contributed by atoms with Gasteiger partial charge in [0.1, 0.15) is 0 Å². The third kappa shape index (κ3) is 5.03. The summed E-state index contributed by atoms with van der Waals surface area (Å²) in [6, 6.07) is 17.3. The fraction of sp³-hybridized carbons (Fsp3) is 0.190. The first-order chi connectivity index (χ1) is 13.5. The van der Waals surface area contributed by atoms with Crippen molar-refractivity contribution >= 4 is 45.2 Å². The van der Waals surface area contributed by atoms with E-state index in [0.29, 0.717) is 10.6 Å². The molecule has 0 spiro atoms. The van der Waals surface area contributed by atoms with Crippen LogP contribution >= 0.6 is 27.7 Å². The van der Waals surface area contributed by atoms with Crippen LogP contribution < -0.4 is 10.6 Å². The van der Waals surface area contributed by atoms with Gasteiger partial charge in [0, 0.05) is 22.5 Å². The van der Waals surface area contributed by atoms with Crippen LogP contribution in [0.1, 0.15) is 23.5 Å². The van der Waals surface area contributed by atoms with Gasteiger partial charge in [-0.2, -0.15) is 5.26 Å². The monoisotopic (exact) mass is 455 g/mol. The number of carbonyl (C=O) groups excluding carboxylic acids is 2. The smallest absolute Gasteiger partial charge is 0.234 e. The molecule has 0 fully saturated rings. The first-order valence-electron chi connectivity index (χ1n) is 8.65. The van der Waals surface area contributed by atoms with Gasteiger partial charge in [-0.3, -0.25) is 9.59 Å². The molecule has 2 amide bonds. The molecule has 0 saturated heterocycles. The molecule has 5 nitrogen and oxygen atoms in total. The quantitative estimate of drug-likeness (QED) is 0.696. The van der Waals surface area contributed by atoms with Crippen molar-refractivity contribution in [3.8, 4) is 6.07 Å². The molecule has 142 valence electrons. The third-order valence-electron chi connectivity index (χ3n) is 4.26. The van der Waals surface area contributed by atoms with E-state index in [2.05, 4.69) is 32.6 Å². The number of aryl methyl sites for hydroxylation is 1. The van der Waals surface area contributed by atoms with Gasteiger partial charge in [0.15, 0.2) is 0 Å². The van der Waals surface area contributed by atoms with Crippen LogP contribution in [0, 0.1) is 18.3 Å². The number of benzene rings is 2. The van der Waals surface area contributed by atoms with Gasteiger partial charge in [-0.15, -0.1) is 0 Å². The van der Waals surface area contributed by atoms with Crippen LogP contribution in [0.25, 0.3) is 0 Å². The van der Waals surface area contributed by atoms with Crippen molar-refractivity contribution in [3.63, 3.8) is 0 Å². The minimum absolute atomic E-state index is 0.0972. The number of nitrogens with one attached hydrogen (secondary N) is 2. The Balaban J connectivity index is 1.76. The molecule has 0 saturated carbocycles. The summed E-state index contributed by atoms with van der Waals surface area (Å²) in [4.78, 5) is 24.5. The van der Waals surface area contributed by atoms with E-state index < -0.39 is 0 Å². The Kier molecular flexibility index (Phi) is 6.55. The van der Waals surface area contributed by atoms with Crippen LogP contribution in [0.2, 0.25) is 0 Å². The first kappa shape index (κ1) is 20.2. The van der Waals surface area contributed by atoms with Crippen molar-refractivity contribution in [1.29, 1.82) is 5.26 Å². The molecular weight excluding hydrogens is 438 g/mol. The van der Waals surface area contributed by atoms with E-state index in [1.807, 2.05) is 55.5 Å².